The van der Waals surface area contributed by atoms with Gasteiger partial charge in [-0.25, -0.2) is 31.6 Å². The van der Waals surface area contributed by atoms with Crippen molar-refractivity contribution in [2.24, 2.45) is 0 Å². The number of sulfonamides is 1. The predicted octanol–water partition coefficient (Wildman–Crippen LogP) is 2.35. The molecule has 0 fully saturated rings. The zero-order chi connectivity index (χ0) is 20.2. The number of hydrogen-bond donors (Lipinski definition) is 3. The third-order valence-corrected chi connectivity index (χ3v) is 4.59. The first kappa shape index (κ1) is 21.3. The van der Waals surface area contributed by atoms with Crippen LogP contribution in [0.4, 0.5) is 24.8 Å². The van der Waals surface area contributed by atoms with Crippen LogP contribution in [0.3, 0.4) is 0 Å². The quantitative estimate of drug-likeness (QED) is 0.341. The maximum atomic E-state index is 13.7. The second-order valence-corrected chi connectivity index (χ2v) is 8.36. The summed E-state index contributed by atoms with van der Waals surface area (Å²) in [4.78, 5) is 8.15. The Morgan fingerprint density at radius 1 is 1.11 bits per heavy atom. The second kappa shape index (κ2) is 8.76. The standard InChI is InChI=1S/C15H17F3N4O3S2/c1-8(6-23)19-13-5-14(22-27(2,24)25)21-15(20-13)26-7-9-3-11(17)12(18)4-10(9)16/h3-5,8,23H,6-7H2,1-2H3,(H2,19,20,21,22)/t8-/m1/s1. The van der Waals surface area contributed by atoms with Gasteiger partial charge in [-0.15, -0.1) is 0 Å². The highest BCUT2D eigenvalue weighted by Crippen LogP contribution is 2.26. The van der Waals surface area contributed by atoms with E-state index in [2.05, 4.69) is 20.0 Å². The maximum Gasteiger partial charge on any atom is 0.230 e. The third-order valence-electron chi connectivity index (χ3n) is 3.11. The number of anilines is 2. The summed E-state index contributed by atoms with van der Waals surface area (Å²) in [7, 11) is -3.61. The Bertz CT molecular complexity index is 929. The first-order valence-corrected chi connectivity index (χ1v) is 10.5. The second-order valence-electron chi connectivity index (χ2n) is 5.67. The smallest absolute Gasteiger partial charge is 0.230 e. The summed E-state index contributed by atoms with van der Waals surface area (Å²) < 4.78 is 65.1. The van der Waals surface area contributed by atoms with E-state index in [-0.39, 0.29) is 40.8 Å². The van der Waals surface area contributed by atoms with E-state index in [4.69, 9.17) is 5.11 Å². The summed E-state index contributed by atoms with van der Waals surface area (Å²) in [6, 6.07) is 2.15. The molecule has 27 heavy (non-hydrogen) atoms. The van der Waals surface area contributed by atoms with E-state index < -0.39 is 27.5 Å². The van der Waals surface area contributed by atoms with E-state index in [9.17, 15) is 21.6 Å². The lowest BCUT2D eigenvalue weighted by Crippen LogP contribution is -2.21. The Hall–Kier alpha value is -2.05. The fourth-order valence-corrected chi connectivity index (χ4v) is 3.24. The molecule has 0 amide bonds. The fourth-order valence-electron chi connectivity index (χ4n) is 1.92. The van der Waals surface area contributed by atoms with Crippen LogP contribution in [-0.4, -0.2) is 42.4 Å². The van der Waals surface area contributed by atoms with Crippen molar-refractivity contribution in [3.63, 3.8) is 0 Å². The lowest BCUT2D eigenvalue weighted by Gasteiger charge is -2.14. The minimum atomic E-state index is -3.61. The van der Waals surface area contributed by atoms with Gasteiger partial charge in [0.05, 0.1) is 12.9 Å². The molecule has 1 aromatic heterocycles. The zero-order valence-corrected chi connectivity index (χ0v) is 16.0. The molecule has 0 radical (unpaired) electrons. The molecule has 0 saturated carbocycles. The van der Waals surface area contributed by atoms with Gasteiger partial charge >= 0.3 is 0 Å². The molecule has 0 spiro atoms. The maximum absolute atomic E-state index is 13.7. The van der Waals surface area contributed by atoms with Crippen LogP contribution in [0.5, 0.6) is 0 Å². The van der Waals surface area contributed by atoms with Crippen molar-refractivity contribution < 1.29 is 26.7 Å². The molecule has 7 nitrogen and oxygen atoms in total. The molecule has 1 atom stereocenters. The van der Waals surface area contributed by atoms with Crippen LogP contribution in [0.1, 0.15) is 12.5 Å². The number of halogens is 3. The van der Waals surface area contributed by atoms with Crippen LogP contribution in [0.15, 0.2) is 23.4 Å². The van der Waals surface area contributed by atoms with Gasteiger partial charge in [-0.1, -0.05) is 11.8 Å². The number of aliphatic hydroxyl groups excluding tert-OH is 1. The molecule has 148 valence electrons. The largest absolute Gasteiger partial charge is 0.394 e. The highest BCUT2D eigenvalue weighted by atomic mass is 32.2. The van der Waals surface area contributed by atoms with Gasteiger partial charge in [0.2, 0.25) is 10.0 Å². The molecule has 3 N–H and O–H groups in total. The highest BCUT2D eigenvalue weighted by molar-refractivity contribution is 7.98. The number of benzene rings is 1. The van der Waals surface area contributed by atoms with Crippen molar-refractivity contribution in [2.45, 2.75) is 23.9 Å². The van der Waals surface area contributed by atoms with Crippen LogP contribution in [0.2, 0.25) is 0 Å². The molecule has 12 heteroatoms. The van der Waals surface area contributed by atoms with E-state index in [0.29, 0.717) is 6.07 Å². The Kier molecular flexibility index (Phi) is 6.89. The molecular formula is C15H17F3N4O3S2. The minimum Gasteiger partial charge on any atom is -0.394 e. The fraction of sp³-hybridized carbons (Fsp3) is 0.333. The summed E-state index contributed by atoms with van der Waals surface area (Å²) >= 11 is 0.903. The average molecular weight is 422 g/mol. The van der Waals surface area contributed by atoms with E-state index in [0.717, 1.165) is 24.1 Å². The van der Waals surface area contributed by atoms with E-state index in [1.54, 1.807) is 6.92 Å². The van der Waals surface area contributed by atoms with Crippen molar-refractivity contribution >= 4 is 33.4 Å². The van der Waals surface area contributed by atoms with Crippen molar-refractivity contribution in [1.82, 2.24) is 9.97 Å². The summed E-state index contributed by atoms with van der Waals surface area (Å²) in [6.07, 6.45) is 0.946. The van der Waals surface area contributed by atoms with Gasteiger partial charge in [-0.05, 0) is 13.0 Å². The lowest BCUT2D eigenvalue weighted by atomic mass is 10.2. The van der Waals surface area contributed by atoms with Crippen LogP contribution in [-0.2, 0) is 15.8 Å². The summed E-state index contributed by atoms with van der Waals surface area (Å²) in [6.45, 7) is 1.48. The molecule has 2 rings (SSSR count). The summed E-state index contributed by atoms with van der Waals surface area (Å²) in [5.74, 6) is -3.31. The predicted molar refractivity (Wildman–Crippen MR) is 96.5 cm³/mol. The molecule has 0 aliphatic heterocycles. The van der Waals surface area contributed by atoms with Gasteiger partial charge in [-0.2, -0.15) is 0 Å². The highest BCUT2D eigenvalue weighted by Gasteiger charge is 2.14. The van der Waals surface area contributed by atoms with E-state index >= 15 is 0 Å². The van der Waals surface area contributed by atoms with Gasteiger partial charge in [0, 0.05) is 29.5 Å². The number of rotatable bonds is 8. The SMILES string of the molecule is C[C@H](CO)Nc1cc(NS(C)(=O)=O)nc(SCc2cc(F)c(F)cc2F)n1. The van der Waals surface area contributed by atoms with Gasteiger partial charge in [-0.3, -0.25) is 4.72 Å². The number of hydrogen-bond acceptors (Lipinski definition) is 7. The molecule has 0 unspecified atom stereocenters. The minimum absolute atomic E-state index is 0.0339. The Labute approximate surface area is 158 Å². The molecule has 0 aliphatic rings. The molecular weight excluding hydrogens is 405 g/mol. The van der Waals surface area contributed by atoms with Crippen LogP contribution in [0, 0.1) is 17.5 Å². The van der Waals surface area contributed by atoms with Gasteiger partial charge < -0.3 is 10.4 Å². The normalized spacial score (nSPS) is 12.7. The molecule has 0 aliphatic carbocycles. The number of aliphatic hydroxyl groups is 1. The summed E-state index contributed by atoms with van der Waals surface area (Å²) in [5.41, 5.74) is -0.0952. The number of nitrogens with zero attached hydrogens (tertiary/aromatic N) is 2. The summed E-state index contributed by atoms with van der Waals surface area (Å²) in [5, 5.41) is 12.0. The molecule has 0 saturated heterocycles. The average Bonchev–Trinajstić information content (AvgIpc) is 2.55. The van der Waals surface area contributed by atoms with E-state index in [1.807, 2.05) is 0 Å². The van der Waals surface area contributed by atoms with Gasteiger partial charge in [0.15, 0.2) is 16.8 Å². The van der Waals surface area contributed by atoms with Crippen LogP contribution < -0.4 is 10.0 Å². The molecule has 2 aromatic rings. The molecule has 1 heterocycles. The van der Waals surface area contributed by atoms with E-state index in [1.165, 1.54) is 6.07 Å². The van der Waals surface area contributed by atoms with Gasteiger partial charge in [0.1, 0.15) is 17.5 Å². The molecule has 0 bridgehead atoms. The number of nitrogens with one attached hydrogen (secondary N) is 2. The monoisotopic (exact) mass is 422 g/mol. The van der Waals surface area contributed by atoms with Crippen LogP contribution in [0.25, 0.3) is 0 Å². The topological polar surface area (TPSA) is 104 Å². The van der Waals surface area contributed by atoms with Crippen molar-refractivity contribution in [3.8, 4) is 0 Å². The Morgan fingerprint density at radius 3 is 2.37 bits per heavy atom. The molecule has 1 aromatic carbocycles. The first-order chi connectivity index (χ1) is 12.6. The van der Waals surface area contributed by atoms with Gasteiger partial charge in [0.25, 0.3) is 0 Å². The van der Waals surface area contributed by atoms with Crippen molar-refractivity contribution in [3.05, 3.63) is 41.2 Å². The first-order valence-electron chi connectivity index (χ1n) is 7.58. The van der Waals surface area contributed by atoms with Crippen LogP contribution >= 0.6 is 11.8 Å². The zero-order valence-electron chi connectivity index (χ0n) is 14.3. The number of thioether (sulfide) groups is 1. The number of aromatic nitrogens is 2. The Morgan fingerprint density at radius 2 is 1.74 bits per heavy atom. The van der Waals surface area contributed by atoms with Crippen molar-refractivity contribution in [1.29, 1.82) is 0 Å². The lowest BCUT2D eigenvalue weighted by molar-refractivity contribution is 0.281. The Balaban J connectivity index is 2.27. The third kappa shape index (κ3) is 6.56. The van der Waals surface area contributed by atoms with Crippen molar-refractivity contribution in [2.75, 3.05) is 22.9 Å².